The summed E-state index contributed by atoms with van der Waals surface area (Å²) in [6.45, 7) is 9.17. The van der Waals surface area contributed by atoms with Crippen LogP contribution in [0.3, 0.4) is 0 Å². The van der Waals surface area contributed by atoms with Crippen LogP contribution in [0.15, 0.2) is 27.4 Å². The molecular weight excluding hydrogens is 386 g/mol. The molecule has 1 aromatic heterocycles. The summed E-state index contributed by atoms with van der Waals surface area (Å²) in [6.07, 6.45) is -0.889. The lowest BCUT2D eigenvalue weighted by Crippen LogP contribution is -2.36. The summed E-state index contributed by atoms with van der Waals surface area (Å²) in [5.74, 6) is 0.160. The van der Waals surface area contributed by atoms with E-state index in [1.54, 1.807) is 13.0 Å². The molecule has 1 unspecified atom stereocenters. The molecule has 1 amide bonds. The second-order valence-electron chi connectivity index (χ2n) is 7.23. The second kappa shape index (κ2) is 11.1. The molecule has 1 fully saturated rings. The van der Waals surface area contributed by atoms with E-state index in [1.165, 1.54) is 12.1 Å². The van der Waals surface area contributed by atoms with Crippen molar-refractivity contribution in [2.24, 2.45) is 0 Å². The van der Waals surface area contributed by atoms with E-state index < -0.39 is 6.10 Å². The van der Waals surface area contributed by atoms with Crippen molar-refractivity contribution in [3.63, 3.8) is 0 Å². The van der Waals surface area contributed by atoms with E-state index in [0.29, 0.717) is 62.0 Å². The molecule has 166 valence electrons. The third-order valence-electron chi connectivity index (χ3n) is 4.72. The standard InChI is InChI=1S/C20H27N3O5.C2H6/c1-13(24)15-10-14(20(26)21-4-5-22(2)3)11-16-17(25)12-18(28-19(15)16)23-6-8-27-9-7-23;1-2/h10-13,24H,4-9H2,1-3H3,(H,21,26);1-2H3. The van der Waals surface area contributed by atoms with Crippen LogP contribution in [-0.4, -0.2) is 69.4 Å². The van der Waals surface area contributed by atoms with Gasteiger partial charge in [-0.25, -0.2) is 0 Å². The van der Waals surface area contributed by atoms with Crippen molar-refractivity contribution >= 4 is 22.8 Å². The average molecular weight is 420 g/mol. The number of amides is 1. The van der Waals surface area contributed by atoms with Gasteiger partial charge in [-0.2, -0.15) is 0 Å². The molecule has 1 aliphatic rings. The molecule has 8 heteroatoms. The molecule has 1 atom stereocenters. The first-order valence-corrected chi connectivity index (χ1v) is 10.4. The van der Waals surface area contributed by atoms with Gasteiger partial charge >= 0.3 is 0 Å². The van der Waals surface area contributed by atoms with Crippen molar-refractivity contribution in [1.82, 2.24) is 10.2 Å². The van der Waals surface area contributed by atoms with E-state index in [1.807, 2.05) is 37.7 Å². The number of ether oxygens (including phenoxy) is 1. The molecule has 0 saturated carbocycles. The monoisotopic (exact) mass is 419 g/mol. The maximum absolute atomic E-state index is 12.8. The number of fused-ring (bicyclic) bond motifs is 1. The van der Waals surface area contributed by atoms with Crippen LogP contribution in [0.5, 0.6) is 0 Å². The minimum Gasteiger partial charge on any atom is -0.440 e. The fraction of sp³-hybridized carbons (Fsp3) is 0.545. The van der Waals surface area contributed by atoms with Crippen LogP contribution in [-0.2, 0) is 4.74 Å². The van der Waals surface area contributed by atoms with Gasteiger partial charge in [-0.3, -0.25) is 9.59 Å². The van der Waals surface area contributed by atoms with Gasteiger partial charge in [-0.15, -0.1) is 0 Å². The lowest BCUT2D eigenvalue weighted by Gasteiger charge is -2.27. The minimum atomic E-state index is -0.889. The number of rotatable bonds is 6. The molecule has 0 spiro atoms. The van der Waals surface area contributed by atoms with Crippen LogP contribution in [0, 0.1) is 0 Å². The SMILES string of the molecule is CC.CC(O)c1cc(C(=O)NCCN(C)C)cc2c(=O)cc(N3CCOCC3)oc12. The molecule has 3 rings (SSSR count). The minimum absolute atomic E-state index is 0.243. The van der Waals surface area contributed by atoms with Crippen molar-refractivity contribution in [3.05, 3.63) is 39.5 Å². The molecule has 2 heterocycles. The number of aliphatic hydroxyl groups excluding tert-OH is 1. The summed E-state index contributed by atoms with van der Waals surface area (Å²) in [5.41, 5.74) is 0.817. The number of hydrogen-bond acceptors (Lipinski definition) is 7. The molecule has 0 radical (unpaired) electrons. The van der Waals surface area contributed by atoms with Crippen LogP contribution in [0.2, 0.25) is 0 Å². The smallest absolute Gasteiger partial charge is 0.251 e. The van der Waals surface area contributed by atoms with Crippen molar-refractivity contribution in [2.45, 2.75) is 26.9 Å². The fourth-order valence-electron chi connectivity index (χ4n) is 3.15. The first-order valence-electron chi connectivity index (χ1n) is 10.4. The van der Waals surface area contributed by atoms with Gasteiger partial charge in [-0.05, 0) is 33.2 Å². The number of morpholine rings is 1. The predicted molar refractivity (Wildman–Crippen MR) is 118 cm³/mol. The second-order valence-corrected chi connectivity index (χ2v) is 7.23. The van der Waals surface area contributed by atoms with E-state index in [9.17, 15) is 14.7 Å². The first-order chi connectivity index (χ1) is 14.4. The number of anilines is 1. The molecule has 2 aromatic rings. The van der Waals surface area contributed by atoms with Gasteiger partial charge in [-0.1, -0.05) is 13.8 Å². The predicted octanol–water partition coefficient (Wildman–Crippen LogP) is 2.00. The van der Waals surface area contributed by atoms with Crippen molar-refractivity contribution in [3.8, 4) is 0 Å². The number of benzene rings is 1. The molecule has 30 heavy (non-hydrogen) atoms. The lowest BCUT2D eigenvalue weighted by atomic mass is 10.0. The van der Waals surface area contributed by atoms with Crippen LogP contribution in [0.4, 0.5) is 5.88 Å². The maximum atomic E-state index is 12.8. The third kappa shape index (κ3) is 5.81. The van der Waals surface area contributed by atoms with Crippen LogP contribution < -0.4 is 15.6 Å². The van der Waals surface area contributed by atoms with Gasteiger partial charge < -0.3 is 29.4 Å². The highest BCUT2D eigenvalue weighted by atomic mass is 16.5. The Balaban J connectivity index is 0.00000155. The summed E-state index contributed by atoms with van der Waals surface area (Å²) in [4.78, 5) is 29.2. The Bertz CT molecular complexity index is 902. The van der Waals surface area contributed by atoms with Gasteiger partial charge in [0.2, 0.25) is 0 Å². The highest BCUT2D eigenvalue weighted by molar-refractivity contribution is 5.98. The molecule has 1 saturated heterocycles. The zero-order valence-electron chi connectivity index (χ0n) is 18.5. The van der Waals surface area contributed by atoms with Gasteiger partial charge in [0.1, 0.15) is 5.58 Å². The van der Waals surface area contributed by atoms with Crippen molar-refractivity contribution in [1.29, 1.82) is 0 Å². The van der Waals surface area contributed by atoms with Crippen LogP contribution in [0.1, 0.15) is 42.8 Å². The summed E-state index contributed by atoms with van der Waals surface area (Å²) >= 11 is 0. The van der Waals surface area contributed by atoms with E-state index in [0.717, 1.165) is 0 Å². The molecular formula is C22H33N3O5. The first kappa shape index (κ1) is 23.9. The molecule has 0 aliphatic carbocycles. The Hall–Kier alpha value is -2.42. The Morgan fingerprint density at radius 1 is 1.23 bits per heavy atom. The number of nitrogens with zero attached hydrogens (tertiary/aromatic N) is 2. The maximum Gasteiger partial charge on any atom is 0.251 e. The summed E-state index contributed by atoms with van der Waals surface area (Å²) < 4.78 is 11.3. The summed E-state index contributed by atoms with van der Waals surface area (Å²) in [6, 6.07) is 4.55. The molecule has 8 nitrogen and oxygen atoms in total. The quantitative estimate of drug-likeness (QED) is 0.739. The van der Waals surface area contributed by atoms with E-state index in [4.69, 9.17) is 9.15 Å². The fourth-order valence-corrected chi connectivity index (χ4v) is 3.15. The van der Waals surface area contributed by atoms with E-state index in [-0.39, 0.29) is 16.7 Å². The largest absolute Gasteiger partial charge is 0.440 e. The van der Waals surface area contributed by atoms with E-state index in [2.05, 4.69) is 5.32 Å². The highest BCUT2D eigenvalue weighted by Gasteiger charge is 2.20. The zero-order valence-corrected chi connectivity index (χ0v) is 18.5. The molecule has 2 N–H and O–H groups in total. The van der Waals surface area contributed by atoms with Gasteiger partial charge in [0.15, 0.2) is 11.3 Å². The number of hydrogen-bond donors (Lipinski definition) is 2. The van der Waals surface area contributed by atoms with Gasteiger partial charge in [0, 0.05) is 43.4 Å². The average Bonchev–Trinajstić information content (AvgIpc) is 2.74. The van der Waals surface area contributed by atoms with Gasteiger partial charge in [0.25, 0.3) is 5.91 Å². The molecule has 1 aromatic carbocycles. The van der Waals surface area contributed by atoms with Crippen molar-refractivity contribution < 1.29 is 19.1 Å². The Labute approximate surface area is 177 Å². The topological polar surface area (TPSA) is 95.2 Å². The highest BCUT2D eigenvalue weighted by Crippen LogP contribution is 2.28. The Morgan fingerprint density at radius 2 is 1.90 bits per heavy atom. The molecule has 0 bridgehead atoms. The number of nitrogens with one attached hydrogen (secondary N) is 1. The lowest BCUT2D eigenvalue weighted by molar-refractivity contribution is 0.0951. The van der Waals surface area contributed by atoms with E-state index >= 15 is 0 Å². The number of carbonyl (C=O) groups is 1. The van der Waals surface area contributed by atoms with Crippen molar-refractivity contribution in [2.75, 3.05) is 58.4 Å². The summed E-state index contributed by atoms with van der Waals surface area (Å²) in [5, 5.41) is 13.3. The van der Waals surface area contributed by atoms with Crippen LogP contribution in [0.25, 0.3) is 11.0 Å². The van der Waals surface area contributed by atoms with Crippen LogP contribution >= 0.6 is 0 Å². The third-order valence-corrected chi connectivity index (χ3v) is 4.72. The number of carbonyl (C=O) groups excluding carboxylic acids is 1. The number of aliphatic hydroxyl groups is 1. The Kier molecular flexibility index (Phi) is 8.83. The summed E-state index contributed by atoms with van der Waals surface area (Å²) in [7, 11) is 3.84. The normalized spacial score (nSPS) is 15.0. The zero-order chi connectivity index (χ0) is 22.3. The molecule has 1 aliphatic heterocycles. The number of likely N-dealkylation sites (N-methyl/N-ethyl adjacent to an activating group) is 1. The Morgan fingerprint density at radius 3 is 2.50 bits per heavy atom. The van der Waals surface area contributed by atoms with Gasteiger partial charge in [0.05, 0.1) is 24.7 Å².